The van der Waals surface area contributed by atoms with Gasteiger partial charge in [0.25, 0.3) is 0 Å². The fourth-order valence-corrected chi connectivity index (χ4v) is 2.60. The topological polar surface area (TPSA) is 40.5 Å². The van der Waals surface area contributed by atoms with Gasteiger partial charge in [0.2, 0.25) is 0 Å². The van der Waals surface area contributed by atoms with Gasteiger partial charge in [0.15, 0.2) is 0 Å². The second kappa shape index (κ2) is 4.12. The van der Waals surface area contributed by atoms with Crippen molar-refractivity contribution in [3.05, 3.63) is 0 Å². The summed E-state index contributed by atoms with van der Waals surface area (Å²) in [6, 6.07) is -0.213. The molecule has 2 rings (SSSR count). The summed E-state index contributed by atoms with van der Waals surface area (Å²) in [6.07, 6.45) is 3.04. The number of rotatable bonds is 2. The molecule has 1 aliphatic carbocycles. The van der Waals surface area contributed by atoms with Crippen molar-refractivity contribution in [2.75, 3.05) is 6.54 Å². The maximum atomic E-state index is 11.0. The molecule has 0 radical (unpaired) electrons. The molecule has 2 fully saturated rings. The third-order valence-electron chi connectivity index (χ3n) is 3.81. The number of aliphatic carboxylic acids is 1. The predicted octanol–water partition coefficient (Wildman–Crippen LogP) is 0.685. The number of hydrogen-bond acceptors (Lipinski definition) is 2. The van der Waals surface area contributed by atoms with E-state index < -0.39 is 5.97 Å². The van der Waals surface area contributed by atoms with E-state index in [1.807, 2.05) is 0 Å². The molecule has 14 heavy (non-hydrogen) atoms. The Kier molecular flexibility index (Phi) is 3.68. The van der Waals surface area contributed by atoms with Crippen LogP contribution in [0, 0.1) is 5.92 Å². The van der Waals surface area contributed by atoms with E-state index in [2.05, 4.69) is 18.7 Å². The first-order valence-corrected chi connectivity index (χ1v) is 5.05. The standard InChI is InChI=1S/C10H17NO2.Na.H/c1-7-6-10(7,2)11-5-3-4-8(11)9(12)13;;/h7-8H,3-6H2,1-2H3,(H,12,13);;. The first-order chi connectivity index (χ1) is 6.05. The van der Waals surface area contributed by atoms with Crippen LogP contribution in [-0.2, 0) is 4.79 Å². The number of carboxylic acids is 1. The van der Waals surface area contributed by atoms with Crippen LogP contribution in [0.15, 0.2) is 0 Å². The summed E-state index contributed by atoms with van der Waals surface area (Å²) in [7, 11) is 0. The normalized spacial score (nSPS) is 41.9. The molecular formula is C10H18NNaO2. The third kappa shape index (κ3) is 1.87. The molecule has 1 heterocycles. The molecule has 4 heteroatoms. The second-order valence-electron chi connectivity index (χ2n) is 4.65. The van der Waals surface area contributed by atoms with Gasteiger partial charge in [0.05, 0.1) is 0 Å². The molecule has 0 spiro atoms. The fraction of sp³-hybridized carbons (Fsp3) is 0.900. The van der Waals surface area contributed by atoms with Crippen LogP contribution >= 0.6 is 0 Å². The number of carbonyl (C=O) groups is 1. The van der Waals surface area contributed by atoms with Gasteiger partial charge in [-0.1, -0.05) is 6.92 Å². The molecule has 3 atom stereocenters. The number of hydrogen-bond donors (Lipinski definition) is 1. The Morgan fingerprint density at radius 2 is 2.14 bits per heavy atom. The number of carboxylic acid groups (broad SMARTS) is 1. The fourth-order valence-electron chi connectivity index (χ4n) is 2.60. The van der Waals surface area contributed by atoms with Crippen molar-refractivity contribution in [1.29, 1.82) is 0 Å². The van der Waals surface area contributed by atoms with E-state index in [1.165, 1.54) is 0 Å². The molecule has 1 aliphatic heterocycles. The molecule has 1 saturated carbocycles. The Hall–Kier alpha value is 0.430. The van der Waals surface area contributed by atoms with Crippen LogP contribution in [0.3, 0.4) is 0 Å². The number of nitrogens with zero attached hydrogens (tertiary/aromatic N) is 1. The minimum atomic E-state index is -0.641. The van der Waals surface area contributed by atoms with Crippen LogP contribution in [0.2, 0.25) is 0 Å². The van der Waals surface area contributed by atoms with Crippen molar-refractivity contribution in [3.8, 4) is 0 Å². The van der Waals surface area contributed by atoms with E-state index in [4.69, 9.17) is 5.11 Å². The summed E-state index contributed by atoms with van der Waals surface area (Å²) >= 11 is 0. The van der Waals surface area contributed by atoms with Crippen LogP contribution in [0.25, 0.3) is 0 Å². The van der Waals surface area contributed by atoms with Crippen molar-refractivity contribution >= 4 is 35.5 Å². The van der Waals surface area contributed by atoms with Gasteiger partial charge in [-0.05, 0) is 38.6 Å². The van der Waals surface area contributed by atoms with E-state index in [0.717, 1.165) is 25.8 Å². The summed E-state index contributed by atoms with van der Waals surface area (Å²) in [4.78, 5) is 13.1. The van der Waals surface area contributed by atoms with Crippen molar-refractivity contribution in [2.24, 2.45) is 5.92 Å². The Morgan fingerprint density at radius 1 is 1.57 bits per heavy atom. The van der Waals surface area contributed by atoms with Crippen LogP contribution in [0.4, 0.5) is 0 Å². The zero-order valence-electron chi connectivity index (χ0n) is 8.29. The molecule has 0 aromatic carbocycles. The summed E-state index contributed by atoms with van der Waals surface area (Å²) < 4.78 is 0. The Bertz CT molecular complexity index is 246. The van der Waals surface area contributed by atoms with Gasteiger partial charge in [-0.15, -0.1) is 0 Å². The van der Waals surface area contributed by atoms with Gasteiger partial charge in [-0.2, -0.15) is 0 Å². The van der Waals surface area contributed by atoms with Gasteiger partial charge in [-0.25, -0.2) is 0 Å². The predicted molar refractivity (Wildman–Crippen MR) is 56.7 cm³/mol. The average molecular weight is 207 g/mol. The maximum absolute atomic E-state index is 11.0. The number of likely N-dealkylation sites (tertiary alicyclic amines) is 1. The van der Waals surface area contributed by atoms with Crippen molar-refractivity contribution in [3.63, 3.8) is 0 Å². The Labute approximate surface area is 107 Å². The van der Waals surface area contributed by atoms with E-state index in [0.29, 0.717) is 5.92 Å². The second-order valence-corrected chi connectivity index (χ2v) is 4.65. The first kappa shape index (κ1) is 12.5. The van der Waals surface area contributed by atoms with Crippen LogP contribution in [0.5, 0.6) is 0 Å². The van der Waals surface area contributed by atoms with Gasteiger partial charge in [0, 0.05) is 5.54 Å². The molecule has 1 N–H and O–H groups in total. The van der Waals surface area contributed by atoms with E-state index in [9.17, 15) is 4.79 Å². The average Bonchev–Trinajstić information content (AvgIpc) is 2.54. The molecule has 0 amide bonds. The molecule has 76 valence electrons. The summed E-state index contributed by atoms with van der Waals surface area (Å²) in [5, 5.41) is 9.02. The van der Waals surface area contributed by atoms with E-state index in [1.54, 1.807) is 0 Å². The van der Waals surface area contributed by atoms with Crippen molar-refractivity contribution in [2.45, 2.75) is 44.7 Å². The molecule has 0 aromatic rings. The zero-order chi connectivity index (χ0) is 9.64. The molecule has 2 aliphatic rings. The monoisotopic (exact) mass is 207 g/mol. The van der Waals surface area contributed by atoms with Crippen molar-refractivity contribution in [1.82, 2.24) is 4.90 Å². The van der Waals surface area contributed by atoms with E-state index >= 15 is 0 Å². The van der Waals surface area contributed by atoms with Gasteiger partial charge in [0.1, 0.15) is 6.04 Å². The molecule has 0 bridgehead atoms. The Balaban J connectivity index is 0.000000980. The van der Waals surface area contributed by atoms with Crippen LogP contribution in [0.1, 0.15) is 33.1 Å². The molecule has 3 nitrogen and oxygen atoms in total. The van der Waals surface area contributed by atoms with Crippen LogP contribution in [-0.4, -0.2) is 63.7 Å². The van der Waals surface area contributed by atoms with Gasteiger partial charge in [-0.3, -0.25) is 9.69 Å². The molecule has 3 unspecified atom stereocenters. The van der Waals surface area contributed by atoms with Gasteiger partial charge < -0.3 is 5.11 Å². The minimum absolute atomic E-state index is 0. The molecule has 1 saturated heterocycles. The SMILES string of the molecule is CC1CC1(C)N1CCCC1C(=O)O.[NaH]. The van der Waals surface area contributed by atoms with Gasteiger partial charge >= 0.3 is 35.5 Å². The summed E-state index contributed by atoms with van der Waals surface area (Å²) in [5.41, 5.74) is 0.194. The molecular weight excluding hydrogens is 189 g/mol. The summed E-state index contributed by atoms with van der Waals surface area (Å²) in [5.74, 6) is 0.0327. The Morgan fingerprint density at radius 3 is 2.57 bits per heavy atom. The van der Waals surface area contributed by atoms with Crippen LogP contribution < -0.4 is 0 Å². The third-order valence-corrected chi connectivity index (χ3v) is 3.81. The molecule has 0 aromatic heterocycles. The van der Waals surface area contributed by atoms with Crippen molar-refractivity contribution < 1.29 is 9.90 Å². The quantitative estimate of drug-likeness (QED) is 0.677. The first-order valence-electron chi connectivity index (χ1n) is 5.05. The van der Waals surface area contributed by atoms with E-state index in [-0.39, 0.29) is 41.1 Å². The zero-order valence-corrected chi connectivity index (χ0v) is 8.29. The summed E-state index contributed by atoms with van der Waals surface area (Å²) in [6.45, 7) is 5.37.